The molecular formula is C32H41N3O6S. The number of carbonyl (C=O) groups is 2. The molecule has 0 aliphatic rings. The van der Waals surface area contributed by atoms with Crippen LogP contribution >= 0.6 is 0 Å². The first-order valence-electron chi connectivity index (χ1n) is 14.0. The van der Waals surface area contributed by atoms with Gasteiger partial charge in [0, 0.05) is 13.1 Å². The molecule has 3 aromatic carbocycles. The van der Waals surface area contributed by atoms with E-state index in [0.29, 0.717) is 30.9 Å². The van der Waals surface area contributed by atoms with Crippen molar-refractivity contribution in [1.29, 1.82) is 0 Å². The molecule has 42 heavy (non-hydrogen) atoms. The molecule has 0 aromatic heterocycles. The van der Waals surface area contributed by atoms with Crippen LogP contribution in [-0.4, -0.2) is 65.0 Å². The number of para-hydroxylation sites is 2. The monoisotopic (exact) mass is 595 g/mol. The maximum Gasteiger partial charge on any atom is 0.264 e. The summed E-state index contributed by atoms with van der Waals surface area (Å²) < 4.78 is 39.9. The highest BCUT2D eigenvalue weighted by Gasteiger charge is 2.34. The second kappa shape index (κ2) is 15.3. The van der Waals surface area contributed by atoms with E-state index >= 15 is 0 Å². The van der Waals surface area contributed by atoms with Crippen molar-refractivity contribution in [3.05, 3.63) is 84.4 Å². The third-order valence-electron chi connectivity index (χ3n) is 6.83. The Bertz CT molecular complexity index is 1410. The van der Waals surface area contributed by atoms with Gasteiger partial charge in [-0.05, 0) is 60.7 Å². The van der Waals surface area contributed by atoms with E-state index < -0.39 is 28.5 Å². The van der Waals surface area contributed by atoms with Crippen molar-refractivity contribution in [3.63, 3.8) is 0 Å². The molecule has 0 saturated heterocycles. The highest BCUT2D eigenvalue weighted by molar-refractivity contribution is 7.92. The van der Waals surface area contributed by atoms with Crippen LogP contribution in [0.5, 0.6) is 11.5 Å². The van der Waals surface area contributed by atoms with Gasteiger partial charge in [-0.3, -0.25) is 13.9 Å². The van der Waals surface area contributed by atoms with E-state index in [1.54, 1.807) is 36.4 Å². The minimum Gasteiger partial charge on any atom is -0.497 e. The summed E-state index contributed by atoms with van der Waals surface area (Å²) in [5, 5.41) is 2.94. The molecule has 0 radical (unpaired) electrons. The molecular weight excluding hydrogens is 554 g/mol. The van der Waals surface area contributed by atoms with E-state index in [9.17, 15) is 18.0 Å². The van der Waals surface area contributed by atoms with Crippen molar-refractivity contribution in [2.75, 3.05) is 38.2 Å². The van der Waals surface area contributed by atoms with Crippen LogP contribution in [0, 0.1) is 5.92 Å². The summed E-state index contributed by atoms with van der Waals surface area (Å²) in [6, 6.07) is 21.5. The summed E-state index contributed by atoms with van der Waals surface area (Å²) in [4.78, 5) is 28.9. The fraction of sp³-hybridized carbons (Fsp3) is 0.375. The number of methoxy groups -OCH3 is 2. The molecule has 0 spiro atoms. The second-order valence-electron chi connectivity index (χ2n) is 10.2. The SMILES string of the molecule is CC[C@H](C(=O)NCC(C)C)N(CCc1ccccc1)C(=O)CN(c1ccccc1OC)S(=O)(=O)c1ccc(OC)cc1. The van der Waals surface area contributed by atoms with Crippen LogP contribution in [0.3, 0.4) is 0 Å². The van der Waals surface area contributed by atoms with Crippen molar-refractivity contribution >= 4 is 27.5 Å². The first-order chi connectivity index (χ1) is 20.1. The molecule has 226 valence electrons. The van der Waals surface area contributed by atoms with E-state index in [1.165, 1.54) is 31.3 Å². The third-order valence-corrected chi connectivity index (χ3v) is 8.61. The number of benzene rings is 3. The van der Waals surface area contributed by atoms with Gasteiger partial charge in [-0.15, -0.1) is 0 Å². The number of anilines is 1. The summed E-state index contributed by atoms with van der Waals surface area (Å²) >= 11 is 0. The van der Waals surface area contributed by atoms with Gasteiger partial charge in [0.05, 0.1) is 24.8 Å². The van der Waals surface area contributed by atoms with Crippen LogP contribution in [0.15, 0.2) is 83.8 Å². The van der Waals surface area contributed by atoms with Gasteiger partial charge in [-0.2, -0.15) is 0 Å². The molecule has 0 bridgehead atoms. The maximum absolute atomic E-state index is 14.1. The Kier molecular flexibility index (Phi) is 11.8. The van der Waals surface area contributed by atoms with E-state index in [4.69, 9.17) is 9.47 Å². The molecule has 1 atom stereocenters. The summed E-state index contributed by atoms with van der Waals surface area (Å²) in [5.74, 6) is 0.254. The van der Waals surface area contributed by atoms with E-state index in [0.717, 1.165) is 9.87 Å². The molecule has 10 heteroatoms. The molecule has 0 fully saturated rings. The van der Waals surface area contributed by atoms with Gasteiger partial charge in [0.25, 0.3) is 10.0 Å². The third kappa shape index (κ3) is 8.25. The van der Waals surface area contributed by atoms with Crippen LogP contribution in [0.25, 0.3) is 0 Å². The molecule has 0 heterocycles. The zero-order valence-corrected chi connectivity index (χ0v) is 25.8. The van der Waals surface area contributed by atoms with Crippen molar-refractivity contribution in [1.82, 2.24) is 10.2 Å². The lowest BCUT2D eigenvalue weighted by Crippen LogP contribution is -2.53. The molecule has 0 saturated carbocycles. The number of nitrogens with zero attached hydrogens (tertiary/aromatic N) is 2. The molecule has 0 unspecified atom stereocenters. The molecule has 9 nitrogen and oxygen atoms in total. The Morgan fingerprint density at radius 1 is 0.881 bits per heavy atom. The fourth-order valence-electron chi connectivity index (χ4n) is 4.54. The highest BCUT2D eigenvalue weighted by Crippen LogP contribution is 2.33. The van der Waals surface area contributed by atoms with Crippen molar-refractivity contribution < 1.29 is 27.5 Å². The Hall–Kier alpha value is -4.05. The first kappa shape index (κ1) is 32.5. The summed E-state index contributed by atoms with van der Waals surface area (Å²) in [6.07, 6.45) is 0.866. The second-order valence-corrected chi connectivity index (χ2v) is 12.1. The van der Waals surface area contributed by atoms with Crippen molar-refractivity contribution in [2.24, 2.45) is 5.92 Å². The average molecular weight is 596 g/mol. The highest BCUT2D eigenvalue weighted by atomic mass is 32.2. The zero-order valence-electron chi connectivity index (χ0n) is 24.9. The van der Waals surface area contributed by atoms with Gasteiger partial charge < -0.3 is 19.7 Å². The molecule has 3 rings (SSSR count). The zero-order chi connectivity index (χ0) is 30.7. The lowest BCUT2D eigenvalue weighted by molar-refractivity contribution is -0.139. The van der Waals surface area contributed by atoms with Crippen LogP contribution in [0.2, 0.25) is 0 Å². The van der Waals surface area contributed by atoms with Crippen molar-refractivity contribution in [3.8, 4) is 11.5 Å². The van der Waals surface area contributed by atoms with Crippen LogP contribution in [0.1, 0.15) is 32.8 Å². The van der Waals surface area contributed by atoms with E-state index in [1.807, 2.05) is 51.1 Å². The number of nitrogens with one attached hydrogen (secondary N) is 1. The quantitative estimate of drug-likeness (QED) is 0.277. The summed E-state index contributed by atoms with van der Waals surface area (Å²) in [7, 11) is -1.30. The largest absolute Gasteiger partial charge is 0.497 e. The predicted molar refractivity (Wildman–Crippen MR) is 164 cm³/mol. The molecule has 1 N–H and O–H groups in total. The van der Waals surface area contributed by atoms with Gasteiger partial charge in [0.1, 0.15) is 24.1 Å². The van der Waals surface area contributed by atoms with Gasteiger partial charge in [0.2, 0.25) is 11.8 Å². The Morgan fingerprint density at radius 3 is 2.12 bits per heavy atom. The average Bonchev–Trinajstić information content (AvgIpc) is 3.01. The normalized spacial score (nSPS) is 12.0. The molecule has 0 aliphatic heterocycles. The standard InChI is InChI=1S/C32H41N3O6S/c1-6-28(32(37)33-22-24(2)3)34(21-20-25-12-8-7-9-13-25)31(36)23-35(29-14-10-11-15-30(29)41-5)42(38,39)27-18-16-26(40-4)17-19-27/h7-19,24,28H,6,20-23H2,1-5H3,(H,33,37)/t28-/m1/s1. The number of hydrogen-bond acceptors (Lipinski definition) is 6. The number of amides is 2. The minimum atomic E-state index is -4.23. The lowest BCUT2D eigenvalue weighted by Gasteiger charge is -2.33. The number of hydrogen-bond donors (Lipinski definition) is 1. The molecule has 3 aromatic rings. The first-order valence-corrected chi connectivity index (χ1v) is 15.5. The number of sulfonamides is 1. The molecule has 2 amide bonds. The van der Waals surface area contributed by atoms with Gasteiger partial charge in [0.15, 0.2) is 0 Å². The van der Waals surface area contributed by atoms with E-state index in [2.05, 4.69) is 5.32 Å². The topological polar surface area (TPSA) is 105 Å². The van der Waals surface area contributed by atoms with Crippen LogP contribution < -0.4 is 19.1 Å². The fourth-order valence-corrected chi connectivity index (χ4v) is 5.97. The molecule has 0 aliphatic carbocycles. The maximum atomic E-state index is 14.1. The van der Waals surface area contributed by atoms with Crippen molar-refractivity contribution in [2.45, 2.75) is 44.6 Å². The van der Waals surface area contributed by atoms with E-state index in [-0.39, 0.29) is 29.0 Å². The summed E-state index contributed by atoms with van der Waals surface area (Å²) in [6.45, 7) is 6.00. The summed E-state index contributed by atoms with van der Waals surface area (Å²) in [5.41, 5.74) is 1.21. The lowest BCUT2D eigenvalue weighted by atomic mass is 10.1. The number of carbonyl (C=O) groups excluding carboxylic acids is 2. The smallest absolute Gasteiger partial charge is 0.264 e. The van der Waals surface area contributed by atoms with Crippen LogP contribution in [-0.2, 0) is 26.0 Å². The van der Waals surface area contributed by atoms with Gasteiger partial charge in [-0.25, -0.2) is 8.42 Å². The van der Waals surface area contributed by atoms with Gasteiger partial charge >= 0.3 is 0 Å². The Balaban J connectivity index is 2.03. The van der Waals surface area contributed by atoms with Gasteiger partial charge in [-0.1, -0.05) is 63.2 Å². The Morgan fingerprint density at radius 2 is 1.52 bits per heavy atom. The number of rotatable bonds is 15. The Labute approximate surface area is 249 Å². The number of ether oxygens (including phenoxy) is 2. The minimum absolute atomic E-state index is 0.0143. The van der Waals surface area contributed by atoms with Crippen LogP contribution in [0.4, 0.5) is 5.69 Å². The predicted octanol–water partition coefficient (Wildman–Crippen LogP) is 4.52.